The van der Waals surface area contributed by atoms with Crippen LogP contribution in [0.25, 0.3) is 0 Å². The van der Waals surface area contributed by atoms with Crippen LogP contribution in [-0.4, -0.2) is 30.6 Å². The molecule has 0 bridgehead atoms. The van der Waals surface area contributed by atoms with E-state index in [1.807, 2.05) is 4.31 Å². The number of hydrogen-bond donors (Lipinski definition) is 0. The molecule has 3 aromatic rings. The van der Waals surface area contributed by atoms with Crippen LogP contribution in [0.3, 0.4) is 0 Å². The molecule has 2 aliphatic rings. The maximum atomic E-state index is 15.0. The Bertz CT molecular complexity index is 1270. The summed E-state index contributed by atoms with van der Waals surface area (Å²) >= 11 is 13.5. The van der Waals surface area contributed by atoms with Crippen molar-refractivity contribution in [2.24, 2.45) is 0 Å². The summed E-state index contributed by atoms with van der Waals surface area (Å²) in [5.74, 6) is -8.16. The van der Waals surface area contributed by atoms with Gasteiger partial charge in [-0.05, 0) is 36.2 Å². The van der Waals surface area contributed by atoms with E-state index in [1.54, 1.807) is 0 Å². The summed E-state index contributed by atoms with van der Waals surface area (Å²) in [5.41, 5.74) is -0.574. The molecule has 2 heterocycles. The third-order valence-electron chi connectivity index (χ3n) is 5.43. The SMILES string of the molecule is Fc1cc(Cl)c(C2(c3cc(F)c(F)cc3Cl)Oc3cc(F)c(SN4CCOCC4)cc3O2)cc1F. The predicted molar refractivity (Wildman–Crippen MR) is 119 cm³/mol. The van der Waals surface area contributed by atoms with E-state index in [-0.39, 0.29) is 37.6 Å². The summed E-state index contributed by atoms with van der Waals surface area (Å²) in [6.45, 7) is 2.12. The maximum absolute atomic E-state index is 15.0. The van der Waals surface area contributed by atoms with Crippen LogP contribution < -0.4 is 9.47 Å². The lowest BCUT2D eigenvalue weighted by molar-refractivity contribution is -0.0463. The van der Waals surface area contributed by atoms with E-state index >= 15 is 0 Å². The Balaban J connectivity index is 1.64. The van der Waals surface area contributed by atoms with Gasteiger partial charge in [0.1, 0.15) is 5.82 Å². The summed E-state index contributed by atoms with van der Waals surface area (Å²) in [6, 6.07) is 5.15. The van der Waals surface area contributed by atoms with E-state index in [0.29, 0.717) is 50.6 Å². The highest BCUT2D eigenvalue weighted by Gasteiger charge is 2.49. The highest BCUT2D eigenvalue weighted by atomic mass is 35.5. The van der Waals surface area contributed by atoms with Crippen molar-refractivity contribution >= 4 is 35.1 Å². The number of nitrogens with zero attached hydrogens (tertiary/aromatic N) is 1. The normalized spacial score (nSPS) is 17.1. The summed E-state index contributed by atoms with van der Waals surface area (Å²) in [4.78, 5) is 0.192. The Morgan fingerprint density at radius 2 is 1.17 bits per heavy atom. The smallest absolute Gasteiger partial charge is 0.308 e. The second-order valence-corrected chi connectivity index (χ2v) is 9.63. The molecule has 12 heteroatoms. The fourth-order valence-electron chi connectivity index (χ4n) is 3.77. The maximum Gasteiger partial charge on any atom is 0.308 e. The van der Waals surface area contributed by atoms with Gasteiger partial charge in [0.25, 0.3) is 0 Å². The molecule has 35 heavy (non-hydrogen) atoms. The second kappa shape index (κ2) is 9.33. The minimum Gasteiger partial charge on any atom is -0.440 e. The second-order valence-electron chi connectivity index (χ2n) is 7.68. The topological polar surface area (TPSA) is 30.9 Å². The molecule has 0 radical (unpaired) electrons. The molecule has 0 aliphatic carbocycles. The van der Waals surface area contributed by atoms with Crippen LogP contribution in [0.1, 0.15) is 11.1 Å². The van der Waals surface area contributed by atoms with E-state index in [9.17, 15) is 22.0 Å². The molecular formula is C23H14Cl2F5NO3S. The molecule has 5 rings (SSSR count). The summed E-state index contributed by atoms with van der Waals surface area (Å²) < 4.78 is 90.2. The van der Waals surface area contributed by atoms with E-state index in [0.717, 1.165) is 18.0 Å². The minimum atomic E-state index is -2.27. The molecule has 0 unspecified atom stereocenters. The van der Waals surface area contributed by atoms with Crippen molar-refractivity contribution in [1.29, 1.82) is 0 Å². The molecule has 0 atom stereocenters. The van der Waals surface area contributed by atoms with Crippen molar-refractivity contribution in [2.75, 3.05) is 26.3 Å². The number of hydrogen-bond acceptors (Lipinski definition) is 5. The van der Waals surface area contributed by atoms with Gasteiger partial charge in [-0.25, -0.2) is 26.3 Å². The zero-order chi connectivity index (χ0) is 24.9. The summed E-state index contributed by atoms with van der Waals surface area (Å²) in [7, 11) is 0. The van der Waals surface area contributed by atoms with Crippen LogP contribution in [0.2, 0.25) is 10.0 Å². The fourth-order valence-corrected chi connectivity index (χ4v) is 5.23. The Morgan fingerprint density at radius 3 is 1.71 bits per heavy atom. The first-order valence-electron chi connectivity index (χ1n) is 10.2. The van der Waals surface area contributed by atoms with Gasteiger partial charge in [-0.15, -0.1) is 0 Å². The van der Waals surface area contributed by atoms with Crippen LogP contribution in [-0.2, 0) is 10.5 Å². The van der Waals surface area contributed by atoms with Gasteiger partial charge in [0.05, 0.1) is 39.3 Å². The van der Waals surface area contributed by atoms with Crippen LogP contribution in [0, 0.1) is 29.1 Å². The van der Waals surface area contributed by atoms with Crippen molar-refractivity contribution < 1.29 is 36.2 Å². The average Bonchev–Trinajstić information content (AvgIpc) is 3.18. The van der Waals surface area contributed by atoms with Crippen molar-refractivity contribution in [1.82, 2.24) is 4.31 Å². The molecule has 184 valence electrons. The predicted octanol–water partition coefficient (Wildman–Crippen LogP) is 6.70. The van der Waals surface area contributed by atoms with Crippen LogP contribution in [0.4, 0.5) is 22.0 Å². The van der Waals surface area contributed by atoms with Gasteiger partial charge >= 0.3 is 5.79 Å². The van der Waals surface area contributed by atoms with E-state index in [4.69, 9.17) is 37.4 Å². The van der Waals surface area contributed by atoms with Gasteiger partial charge in [0.2, 0.25) is 0 Å². The fraction of sp³-hybridized carbons (Fsp3) is 0.217. The molecular weight excluding hydrogens is 536 g/mol. The molecule has 4 nitrogen and oxygen atoms in total. The highest BCUT2D eigenvalue weighted by Crippen LogP contribution is 2.52. The Kier molecular flexibility index (Phi) is 6.52. The van der Waals surface area contributed by atoms with Crippen molar-refractivity contribution in [3.05, 3.63) is 86.7 Å². The number of morpholine rings is 1. The van der Waals surface area contributed by atoms with Crippen LogP contribution >= 0.6 is 35.1 Å². The van der Waals surface area contributed by atoms with Crippen molar-refractivity contribution in [3.8, 4) is 11.5 Å². The third kappa shape index (κ3) is 4.42. The van der Waals surface area contributed by atoms with Gasteiger partial charge in [-0.1, -0.05) is 23.2 Å². The number of halogens is 7. The van der Waals surface area contributed by atoms with Crippen molar-refractivity contribution in [3.63, 3.8) is 0 Å². The van der Waals surface area contributed by atoms with E-state index < -0.39 is 34.9 Å². The van der Waals surface area contributed by atoms with Crippen LogP contribution in [0.5, 0.6) is 11.5 Å². The molecule has 0 aromatic heterocycles. The standard InChI is InChI=1S/C23H14Cl2F5NO3S/c24-13-7-17(28)15(26)5-11(13)23(12-6-16(27)18(29)8-14(12)25)33-20-9-19(30)22(10-21(20)34-23)35-31-1-3-32-4-2-31/h5-10H,1-4H2. The molecule has 0 saturated carbocycles. The summed E-state index contributed by atoms with van der Waals surface area (Å²) in [5, 5.41) is -0.693. The molecule has 1 fully saturated rings. The molecule has 3 aromatic carbocycles. The lowest BCUT2D eigenvalue weighted by Crippen LogP contribution is -2.38. The number of ether oxygens (including phenoxy) is 3. The molecule has 0 amide bonds. The minimum absolute atomic E-state index is 0.00348. The number of rotatable bonds is 4. The van der Waals surface area contributed by atoms with Gasteiger partial charge < -0.3 is 14.2 Å². The van der Waals surface area contributed by atoms with Gasteiger partial charge in [-0.2, -0.15) is 0 Å². The largest absolute Gasteiger partial charge is 0.440 e. The first-order chi connectivity index (χ1) is 16.7. The quantitative estimate of drug-likeness (QED) is 0.205. The highest BCUT2D eigenvalue weighted by molar-refractivity contribution is 7.97. The van der Waals surface area contributed by atoms with Crippen LogP contribution in [0.15, 0.2) is 41.3 Å². The Hall–Kier alpha value is -2.24. The van der Waals surface area contributed by atoms with Gasteiger partial charge in [0, 0.05) is 25.2 Å². The Morgan fingerprint density at radius 1 is 0.686 bits per heavy atom. The van der Waals surface area contributed by atoms with E-state index in [2.05, 4.69) is 0 Å². The van der Waals surface area contributed by atoms with E-state index in [1.165, 1.54) is 6.07 Å². The van der Waals surface area contributed by atoms with Crippen molar-refractivity contribution in [2.45, 2.75) is 10.7 Å². The molecule has 2 aliphatic heterocycles. The average molecular weight is 550 g/mol. The Labute approximate surface area is 210 Å². The zero-order valence-corrected chi connectivity index (χ0v) is 19.8. The lowest BCUT2D eigenvalue weighted by Gasteiger charge is -2.30. The first-order valence-corrected chi connectivity index (χ1v) is 11.7. The molecule has 0 N–H and O–H groups in total. The first kappa shape index (κ1) is 24.5. The monoisotopic (exact) mass is 549 g/mol. The molecule has 0 spiro atoms. The third-order valence-corrected chi connectivity index (χ3v) is 7.19. The number of benzene rings is 3. The van der Waals surface area contributed by atoms with Gasteiger partial charge in [-0.3, -0.25) is 0 Å². The summed E-state index contributed by atoms with van der Waals surface area (Å²) in [6.07, 6.45) is 0. The molecule has 1 saturated heterocycles. The lowest BCUT2D eigenvalue weighted by atomic mass is 9.96. The number of fused-ring (bicyclic) bond motifs is 1. The zero-order valence-electron chi connectivity index (χ0n) is 17.5. The van der Waals surface area contributed by atoms with Gasteiger partial charge in [0.15, 0.2) is 34.8 Å².